The van der Waals surface area contributed by atoms with Gasteiger partial charge in [-0.15, -0.1) is 0 Å². The number of halogens is 1. The number of rotatable bonds is 4. The maximum absolute atomic E-state index is 10.4. The van der Waals surface area contributed by atoms with E-state index in [1.54, 1.807) is 6.20 Å². The molecule has 0 fully saturated rings. The topological polar surface area (TPSA) is 38.0 Å². The van der Waals surface area contributed by atoms with Crippen molar-refractivity contribution >= 4 is 22.6 Å². The van der Waals surface area contributed by atoms with Crippen molar-refractivity contribution in [1.82, 2.24) is 9.55 Å². The fourth-order valence-electron chi connectivity index (χ4n) is 1.83. The Morgan fingerprint density at radius 2 is 2.18 bits per heavy atom. The van der Waals surface area contributed by atoms with E-state index in [1.165, 1.54) is 0 Å². The van der Waals surface area contributed by atoms with E-state index in [0.29, 0.717) is 0 Å². The van der Waals surface area contributed by atoms with Gasteiger partial charge in [-0.1, -0.05) is 25.1 Å². The molecule has 0 saturated heterocycles. The van der Waals surface area contributed by atoms with Crippen molar-refractivity contribution in [1.29, 1.82) is 0 Å². The number of aryl methyl sites for hydroxylation is 1. The van der Waals surface area contributed by atoms with Crippen molar-refractivity contribution < 1.29 is 5.11 Å². The fraction of sp³-hybridized carbons (Fsp3) is 0.308. The Balaban J connectivity index is 2.34. The van der Waals surface area contributed by atoms with Crippen molar-refractivity contribution in [2.75, 3.05) is 0 Å². The van der Waals surface area contributed by atoms with Gasteiger partial charge in [-0.3, -0.25) is 0 Å². The first-order chi connectivity index (χ1) is 8.24. The lowest BCUT2D eigenvalue weighted by atomic mass is 10.1. The van der Waals surface area contributed by atoms with E-state index in [9.17, 15) is 5.11 Å². The van der Waals surface area contributed by atoms with Gasteiger partial charge < -0.3 is 9.67 Å². The summed E-state index contributed by atoms with van der Waals surface area (Å²) in [5.74, 6) is 0.718. The Hall–Kier alpha value is -0.880. The second-order valence-electron chi connectivity index (χ2n) is 3.90. The number of benzene rings is 1. The Morgan fingerprint density at radius 3 is 2.88 bits per heavy atom. The van der Waals surface area contributed by atoms with Gasteiger partial charge in [0.05, 0.1) is 0 Å². The van der Waals surface area contributed by atoms with Gasteiger partial charge in [0.25, 0.3) is 0 Å². The van der Waals surface area contributed by atoms with Gasteiger partial charge in [-0.2, -0.15) is 0 Å². The quantitative estimate of drug-likeness (QED) is 0.868. The molecule has 0 aliphatic carbocycles. The summed E-state index contributed by atoms with van der Waals surface area (Å²) >= 11 is 2.24. The molecule has 2 rings (SSSR count). The van der Waals surface area contributed by atoms with Crippen LogP contribution in [-0.4, -0.2) is 14.7 Å². The predicted molar refractivity (Wildman–Crippen MR) is 75.7 cm³/mol. The van der Waals surface area contributed by atoms with E-state index in [1.807, 2.05) is 35.0 Å². The molecule has 1 aromatic heterocycles. The van der Waals surface area contributed by atoms with Crippen LogP contribution in [0.15, 0.2) is 36.7 Å². The maximum atomic E-state index is 10.4. The number of aromatic nitrogens is 2. The average molecular weight is 342 g/mol. The number of aliphatic hydroxyl groups excluding tert-OH is 1. The van der Waals surface area contributed by atoms with Crippen LogP contribution in [0.4, 0.5) is 0 Å². The highest BCUT2D eigenvalue weighted by Gasteiger charge is 2.17. The lowest BCUT2D eigenvalue weighted by molar-refractivity contribution is 0.203. The molecule has 1 unspecified atom stereocenters. The van der Waals surface area contributed by atoms with Gasteiger partial charge in [0.2, 0.25) is 0 Å². The van der Waals surface area contributed by atoms with Crippen LogP contribution in [0, 0.1) is 3.57 Å². The largest absolute Gasteiger partial charge is 0.380 e. The van der Waals surface area contributed by atoms with Crippen molar-refractivity contribution in [3.05, 3.63) is 51.6 Å². The van der Waals surface area contributed by atoms with Crippen LogP contribution in [0.3, 0.4) is 0 Å². The molecule has 1 N–H and O–H groups in total. The monoisotopic (exact) mass is 342 g/mol. The summed E-state index contributed by atoms with van der Waals surface area (Å²) in [6.07, 6.45) is 4.04. The van der Waals surface area contributed by atoms with Crippen LogP contribution in [0.1, 0.15) is 30.8 Å². The molecule has 0 saturated carbocycles. The van der Waals surface area contributed by atoms with Gasteiger partial charge in [0.15, 0.2) is 0 Å². The molecule has 1 heterocycles. The third-order valence-electron chi connectivity index (χ3n) is 2.66. The first kappa shape index (κ1) is 12.6. The highest BCUT2D eigenvalue weighted by atomic mass is 127. The molecular formula is C13H15IN2O. The number of nitrogens with zero attached hydrogens (tertiary/aromatic N) is 2. The maximum Gasteiger partial charge on any atom is 0.142 e. The molecule has 0 aliphatic rings. The highest BCUT2D eigenvalue weighted by molar-refractivity contribution is 14.1. The van der Waals surface area contributed by atoms with Crippen molar-refractivity contribution in [3.8, 4) is 0 Å². The standard InChI is InChI=1S/C13H15IN2O/c1-2-8-16-9-7-15-13(16)12(17)10-5-3-4-6-11(10)14/h3-7,9,12,17H,2,8H2,1H3. The Morgan fingerprint density at radius 1 is 1.41 bits per heavy atom. The van der Waals surface area contributed by atoms with Gasteiger partial charge in [0, 0.05) is 28.1 Å². The minimum atomic E-state index is -0.648. The highest BCUT2D eigenvalue weighted by Crippen LogP contribution is 2.25. The summed E-state index contributed by atoms with van der Waals surface area (Å²) in [6, 6.07) is 7.84. The van der Waals surface area contributed by atoms with Crippen molar-refractivity contribution in [2.24, 2.45) is 0 Å². The fourth-order valence-corrected chi connectivity index (χ4v) is 2.52. The Labute approximate surface area is 115 Å². The number of hydrogen-bond acceptors (Lipinski definition) is 2. The Bertz CT molecular complexity index is 496. The van der Waals surface area contributed by atoms with Crippen LogP contribution < -0.4 is 0 Å². The minimum absolute atomic E-state index is 0.648. The van der Waals surface area contributed by atoms with Gasteiger partial charge in [-0.25, -0.2) is 4.98 Å². The molecule has 0 spiro atoms. The van der Waals surface area contributed by atoms with Crippen molar-refractivity contribution in [2.45, 2.75) is 26.0 Å². The molecule has 17 heavy (non-hydrogen) atoms. The molecule has 90 valence electrons. The first-order valence-corrected chi connectivity index (χ1v) is 6.75. The van der Waals surface area contributed by atoms with Crippen LogP contribution >= 0.6 is 22.6 Å². The summed E-state index contributed by atoms with van der Waals surface area (Å²) in [4.78, 5) is 4.26. The summed E-state index contributed by atoms with van der Waals surface area (Å²) < 4.78 is 3.07. The molecule has 3 nitrogen and oxygen atoms in total. The Kier molecular flexibility index (Phi) is 4.17. The first-order valence-electron chi connectivity index (χ1n) is 5.67. The number of hydrogen-bond donors (Lipinski definition) is 1. The second kappa shape index (κ2) is 5.64. The van der Waals surface area contributed by atoms with E-state index in [2.05, 4.69) is 34.5 Å². The van der Waals surface area contributed by atoms with E-state index in [0.717, 1.165) is 27.9 Å². The molecule has 2 aromatic rings. The summed E-state index contributed by atoms with van der Waals surface area (Å²) in [6.45, 7) is 3.00. The predicted octanol–water partition coefficient (Wildman–Crippen LogP) is 2.98. The van der Waals surface area contributed by atoms with Crippen molar-refractivity contribution in [3.63, 3.8) is 0 Å². The molecule has 0 bridgehead atoms. The van der Waals surface area contributed by atoms with Gasteiger partial charge in [-0.05, 0) is 35.1 Å². The van der Waals surface area contributed by atoms with Crippen LogP contribution in [-0.2, 0) is 6.54 Å². The molecular weight excluding hydrogens is 327 g/mol. The summed E-state index contributed by atoms with van der Waals surface area (Å²) in [7, 11) is 0. The lowest BCUT2D eigenvalue weighted by Gasteiger charge is -2.14. The lowest BCUT2D eigenvalue weighted by Crippen LogP contribution is -2.10. The van der Waals surface area contributed by atoms with Crippen LogP contribution in [0.2, 0.25) is 0 Å². The molecule has 4 heteroatoms. The van der Waals surface area contributed by atoms with E-state index in [4.69, 9.17) is 0 Å². The van der Waals surface area contributed by atoms with E-state index < -0.39 is 6.10 Å². The second-order valence-corrected chi connectivity index (χ2v) is 5.07. The van der Waals surface area contributed by atoms with E-state index in [-0.39, 0.29) is 0 Å². The molecule has 0 amide bonds. The third kappa shape index (κ3) is 2.69. The third-order valence-corrected chi connectivity index (χ3v) is 3.64. The normalized spacial score (nSPS) is 12.6. The zero-order valence-electron chi connectivity index (χ0n) is 9.68. The zero-order chi connectivity index (χ0) is 12.3. The molecule has 0 radical (unpaired) electrons. The van der Waals surface area contributed by atoms with Crippen LogP contribution in [0.5, 0.6) is 0 Å². The number of aliphatic hydroxyl groups is 1. The van der Waals surface area contributed by atoms with Gasteiger partial charge >= 0.3 is 0 Å². The minimum Gasteiger partial charge on any atom is -0.380 e. The number of imidazole rings is 1. The smallest absolute Gasteiger partial charge is 0.142 e. The van der Waals surface area contributed by atoms with Crippen LogP contribution in [0.25, 0.3) is 0 Å². The summed E-state index contributed by atoms with van der Waals surface area (Å²) in [5, 5.41) is 10.4. The SMILES string of the molecule is CCCn1ccnc1C(O)c1ccccc1I. The molecule has 1 aromatic carbocycles. The summed E-state index contributed by atoms with van der Waals surface area (Å²) in [5.41, 5.74) is 0.914. The zero-order valence-corrected chi connectivity index (χ0v) is 11.8. The molecule has 0 aliphatic heterocycles. The molecule has 1 atom stereocenters. The van der Waals surface area contributed by atoms with Gasteiger partial charge in [0.1, 0.15) is 11.9 Å². The average Bonchev–Trinajstić information content (AvgIpc) is 2.78. The van der Waals surface area contributed by atoms with E-state index >= 15 is 0 Å².